The summed E-state index contributed by atoms with van der Waals surface area (Å²) in [4.78, 5) is 23.0. The maximum atomic E-state index is 11.9. The number of ether oxygens (including phenoxy) is 1. The number of methoxy groups -OCH3 is 1. The van der Waals surface area contributed by atoms with Crippen LogP contribution >= 0.6 is 0 Å². The summed E-state index contributed by atoms with van der Waals surface area (Å²) in [6.07, 6.45) is 1.16. The van der Waals surface area contributed by atoms with Crippen LogP contribution in [-0.2, 0) is 16.0 Å². The zero-order chi connectivity index (χ0) is 18.8. The Morgan fingerprint density at radius 1 is 1.00 bits per heavy atom. The highest BCUT2D eigenvalue weighted by molar-refractivity contribution is 5.89. The van der Waals surface area contributed by atoms with Crippen LogP contribution in [0.2, 0.25) is 0 Å². The first kappa shape index (κ1) is 19.3. The quantitative estimate of drug-likeness (QED) is 0.646. The van der Waals surface area contributed by atoms with Crippen molar-refractivity contribution < 1.29 is 14.3 Å². The van der Waals surface area contributed by atoms with Crippen LogP contribution in [-0.4, -0.2) is 32.0 Å². The molecule has 6 heteroatoms. The number of carbonyl (C=O) groups excluding carboxylic acids is 2. The molecule has 138 valence electrons. The third-order valence-corrected chi connectivity index (χ3v) is 3.76. The summed E-state index contributed by atoms with van der Waals surface area (Å²) in [5.41, 5.74) is 2.74. The number of hydrogen-bond donors (Lipinski definition) is 3. The molecule has 0 aliphatic carbocycles. The highest BCUT2D eigenvalue weighted by atomic mass is 16.5. The summed E-state index contributed by atoms with van der Waals surface area (Å²) in [5, 5.41) is 8.83. The lowest BCUT2D eigenvalue weighted by molar-refractivity contribution is -0.120. The molecule has 2 aromatic carbocycles. The summed E-state index contributed by atoms with van der Waals surface area (Å²) in [6.45, 7) is 2.59. The van der Waals surface area contributed by atoms with Crippen molar-refractivity contribution >= 4 is 23.2 Å². The van der Waals surface area contributed by atoms with Crippen molar-refractivity contribution in [3.05, 3.63) is 54.1 Å². The largest absolute Gasteiger partial charge is 0.497 e. The molecule has 0 radical (unpaired) electrons. The van der Waals surface area contributed by atoms with E-state index in [-0.39, 0.29) is 11.8 Å². The van der Waals surface area contributed by atoms with Gasteiger partial charge in [0.2, 0.25) is 11.8 Å². The molecule has 3 N–H and O–H groups in total. The smallest absolute Gasteiger partial charge is 0.221 e. The fourth-order valence-electron chi connectivity index (χ4n) is 2.46. The van der Waals surface area contributed by atoms with Gasteiger partial charge >= 0.3 is 0 Å². The van der Waals surface area contributed by atoms with E-state index in [1.54, 1.807) is 7.11 Å². The minimum atomic E-state index is -0.113. The van der Waals surface area contributed by atoms with Crippen LogP contribution in [0, 0.1) is 0 Å². The number of benzene rings is 2. The van der Waals surface area contributed by atoms with Crippen molar-refractivity contribution in [2.45, 2.75) is 19.8 Å². The van der Waals surface area contributed by atoms with Crippen LogP contribution in [0.25, 0.3) is 0 Å². The third kappa shape index (κ3) is 6.84. The Hall–Kier alpha value is -3.02. The van der Waals surface area contributed by atoms with E-state index in [0.717, 1.165) is 29.1 Å². The van der Waals surface area contributed by atoms with E-state index in [4.69, 9.17) is 4.74 Å². The minimum Gasteiger partial charge on any atom is -0.497 e. The summed E-state index contributed by atoms with van der Waals surface area (Å²) < 4.78 is 5.12. The number of anilines is 2. The van der Waals surface area contributed by atoms with Crippen LogP contribution in [0.15, 0.2) is 48.5 Å². The van der Waals surface area contributed by atoms with Crippen molar-refractivity contribution in [3.63, 3.8) is 0 Å². The molecule has 2 rings (SSSR count). The van der Waals surface area contributed by atoms with Gasteiger partial charge < -0.3 is 20.7 Å². The lowest BCUT2D eigenvalue weighted by atomic mass is 10.1. The van der Waals surface area contributed by atoms with Crippen molar-refractivity contribution in [1.82, 2.24) is 5.32 Å². The monoisotopic (exact) mass is 355 g/mol. The molecule has 0 spiro atoms. The molecular weight excluding hydrogens is 330 g/mol. The van der Waals surface area contributed by atoms with E-state index in [1.165, 1.54) is 6.92 Å². The van der Waals surface area contributed by atoms with Gasteiger partial charge in [-0.1, -0.05) is 18.2 Å². The van der Waals surface area contributed by atoms with Gasteiger partial charge in [-0.15, -0.1) is 0 Å². The molecule has 6 nitrogen and oxygen atoms in total. The predicted octanol–water partition coefficient (Wildman–Crippen LogP) is 2.81. The van der Waals surface area contributed by atoms with Gasteiger partial charge in [0.1, 0.15) is 5.75 Å². The Morgan fingerprint density at radius 3 is 2.42 bits per heavy atom. The number of rotatable bonds is 9. The fraction of sp³-hybridized carbons (Fsp3) is 0.300. The molecule has 0 fully saturated rings. The summed E-state index contributed by atoms with van der Waals surface area (Å²) in [6, 6.07) is 15.2. The Balaban J connectivity index is 1.66. The van der Waals surface area contributed by atoms with Gasteiger partial charge in [-0.3, -0.25) is 9.59 Å². The molecule has 2 amide bonds. The Labute approximate surface area is 153 Å². The predicted molar refractivity (Wildman–Crippen MR) is 104 cm³/mol. The molecule has 0 saturated carbocycles. The van der Waals surface area contributed by atoms with E-state index in [1.807, 2.05) is 48.5 Å². The first-order valence-corrected chi connectivity index (χ1v) is 8.58. The SMILES string of the molecule is COc1ccc(CCNC(=O)CCNc2cccc(NC(C)=O)c2)cc1. The zero-order valence-corrected chi connectivity index (χ0v) is 15.2. The normalized spacial score (nSPS) is 10.1. The Morgan fingerprint density at radius 2 is 1.73 bits per heavy atom. The van der Waals surface area contributed by atoms with Crippen molar-refractivity contribution in [3.8, 4) is 5.75 Å². The highest BCUT2D eigenvalue weighted by Crippen LogP contribution is 2.15. The molecule has 26 heavy (non-hydrogen) atoms. The Kier molecular flexibility index (Phi) is 7.49. The number of hydrogen-bond acceptors (Lipinski definition) is 4. The Bertz CT molecular complexity index is 729. The number of nitrogens with one attached hydrogen (secondary N) is 3. The van der Waals surface area contributed by atoms with Crippen LogP contribution in [0.4, 0.5) is 11.4 Å². The van der Waals surface area contributed by atoms with Gasteiger partial charge in [-0.05, 0) is 42.3 Å². The van der Waals surface area contributed by atoms with Crippen molar-refractivity contribution in [2.75, 3.05) is 30.8 Å². The van der Waals surface area contributed by atoms with Gasteiger partial charge in [0.25, 0.3) is 0 Å². The maximum Gasteiger partial charge on any atom is 0.221 e. The molecule has 0 aromatic heterocycles. The average Bonchev–Trinajstić information content (AvgIpc) is 2.62. The molecule has 0 aliphatic heterocycles. The van der Waals surface area contributed by atoms with Gasteiger partial charge in [0.15, 0.2) is 0 Å². The van der Waals surface area contributed by atoms with Crippen LogP contribution in [0.1, 0.15) is 18.9 Å². The maximum absolute atomic E-state index is 11.9. The fourth-order valence-corrected chi connectivity index (χ4v) is 2.46. The van der Waals surface area contributed by atoms with E-state index in [2.05, 4.69) is 16.0 Å². The second-order valence-electron chi connectivity index (χ2n) is 5.89. The molecule has 2 aromatic rings. The highest BCUT2D eigenvalue weighted by Gasteiger charge is 2.02. The summed E-state index contributed by atoms with van der Waals surface area (Å²) in [7, 11) is 1.64. The zero-order valence-electron chi connectivity index (χ0n) is 15.2. The van der Waals surface area contributed by atoms with Gasteiger partial charge in [0, 0.05) is 37.8 Å². The van der Waals surface area contributed by atoms with E-state index >= 15 is 0 Å². The van der Waals surface area contributed by atoms with Crippen LogP contribution < -0.4 is 20.7 Å². The number of amides is 2. The van der Waals surface area contributed by atoms with Crippen LogP contribution in [0.5, 0.6) is 5.75 Å². The average molecular weight is 355 g/mol. The number of carbonyl (C=O) groups is 2. The van der Waals surface area contributed by atoms with Gasteiger partial charge in [-0.2, -0.15) is 0 Å². The molecule has 0 atom stereocenters. The first-order chi connectivity index (χ1) is 12.6. The second kappa shape index (κ2) is 10.1. The summed E-state index contributed by atoms with van der Waals surface area (Å²) >= 11 is 0. The first-order valence-electron chi connectivity index (χ1n) is 8.58. The molecular formula is C20H25N3O3. The topological polar surface area (TPSA) is 79.5 Å². The second-order valence-corrected chi connectivity index (χ2v) is 5.89. The van der Waals surface area contributed by atoms with Crippen LogP contribution in [0.3, 0.4) is 0 Å². The van der Waals surface area contributed by atoms with Gasteiger partial charge in [0.05, 0.1) is 7.11 Å². The lowest BCUT2D eigenvalue weighted by Gasteiger charge is -2.09. The molecule has 0 aliphatic rings. The van der Waals surface area contributed by atoms with Crippen molar-refractivity contribution in [2.24, 2.45) is 0 Å². The van der Waals surface area contributed by atoms with Gasteiger partial charge in [-0.25, -0.2) is 0 Å². The minimum absolute atomic E-state index is 0.00373. The molecule has 0 unspecified atom stereocenters. The lowest BCUT2D eigenvalue weighted by Crippen LogP contribution is -2.27. The standard InChI is InChI=1S/C20H25N3O3/c1-15(24)23-18-5-3-4-17(14-18)21-13-11-20(25)22-12-10-16-6-8-19(26-2)9-7-16/h3-9,14,21H,10-13H2,1-2H3,(H,22,25)(H,23,24). The third-order valence-electron chi connectivity index (χ3n) is 3.76. The summed E-state index contributed by atoms with van der Waals surface area (Å²) in [5.74, 6) is 0.717. The molecule has 0 saturated heterocycles. The molecule has 0 bridgehead atoms. The van der Waals surface area contributed by atoms with Crippen molar-refractivity contribution in [1.29, 1.82) is 0 Å². The van der Waals surface area contributed by atoms with E-state index < -0.39 is 0 Å². The van der Waals surface area contributed by atoms with E-state index in [9.17, 15) is 9.59 Å². The molecule has 0 heterocycles. The van der Waals surface area contributed by atoms with E-state index in [0.29, 0.717) is 19.5 Å².